The Labute approximate surface area is 152 Å². The SMILES string of the molecule is CCNC(=NCC(O)COCC1CC1)N(C)Cc1ccc(CC)cc1. The number of hydrogen-bond acceptors (Lipinski definition) is 3. The highest BCUT2D eigenvalue weighted by Gasteiger charge is 2.21. The molecule has 0 saturated heterocycles. The quantitative estimate of drug-likeness (QED) is 0.504. The molecule has 25 heavy (non-hydrogen) atoms. The molecule has 1 aromatic carbocycles. The number of rotatable bonds is 10. The van der Waals surface area contributed by atoms with Crippen LogP contribution >= 0.6 is 0 Å². The Morgan fingerprint density at radius 1 is 1.28 bits per heavy atom. The molecule has 0 radical (unpaired) electrons. The number of aryl methyl sites for hydroxylation is 1. The molecule has 1 aliphatic rings. The van der Waals surface area contributed by atoms with Crippen molar-refractivity contribution in [3.63, 3.8) is 0 Å². The van der Waals surface area contributed by atoms with Crippen LogP contribution in [0.5, 0.6) is 0 Å². The molecular weight excluding hydrogens is 314 g/mol. The second-order valence-electron chi connectivity index (χ2n) is 6.86. The van der Waals surface area contributed by atoms with Gasteiger partial charge in [0.2, 0.25) is 0 Å². The number of ether oxygens (including phenoxy) is 1. The number of aliphatic hydroxyl groups is 1. The summed E-state index contributed by atoms with van der Waals surface area (Å²) in [6.07, 6.45) is 3.04. The van der Waals surface area contributed by atoms with E-state index in [1.54, 1.807) is 0 Å². The molecule has 0 aliphatic heterocycles. The number of hydrogen-bond donors (Lipinski definition) is 2. The molecule has 1 fully saturated rings. The van der Waals surface area contributed by atoms with E-state index in [1.807, 2.05) is 7.05 Å². The molecule has 0 amide bonds. The minimum Gasteiger partial charge on any atom is -0.389 e. The lowest BCUT2D eigenvalue weighted by molar-refractivity contribution is 0.0367. The van der Waals surface area contributed by atoms with Gasteiger partial charge in [0.15, 0.2) is 5.96 Å². The van der Waals surface area contributed by atoms with E-state index in [9.17, 15) is 5.11 Å². The Morgan fingerprint density at radius 3 is 2.56 bits per heavy atom. The van der Waals surface area contributed by atoms with Gasteiger partial charge in [-0.1, -0.05) is 31.2 Å². The molecule has 0 heterocycles. The summed E-state index contributed by atoms with van der Waals surface area (Å²) in [5, 5.41) is 13.3. The monoisotopic (exact) mass is 347 g/mol. The van der Waals surface area contributed by atoms with Crippen LogP contribution in [-0.2, 0) is 17.7 Å². The summed E-state index contributed by atoms with van der Waals surface area (Å²) in [5.74, 6) is 1.53. The third-order valence-electron chi connectivity index (χ3n) is 4.36. The summed E-state index contributed by atoms with van der Waals surface area (Å²) in [5.41, 5.74) is 2.60. The van der Waals surface area contributed by atoms with Crippen LogP contribution in [0.2, 0.25) is 0 Å². The van der Waals surface area contributed by atoms with E-state index in [2.05, 4.69) is 53.3 Å². The van der Waals surface area contributed by atoms with Crippen molar-refractivity contribution in [3.8, 4) is 0 Å². The topological polar surface area (TPSA) is 57.1 Å². The van der Waals surface area contributed by atoms with Gasteiger partial charge in [-0.25, -0.2) is 0 Å². The Morgan fingerprint density at radius 2 is 1.96 bits per heavy atom. The lowest BCUT2D eigenvalue weighted by Gasteiger charge is -2.22. The molecule has 1 atom stereocenters. The van der Waals surface area contributed by atoms with E-state index >= 15 is 0 Å². The second-order valence-corrected chi connectivity index (χ2v) is 6.86. The van der Waals surface area contributed by atoms with Gasteiger partial charge >= 0.3 is 0 Å². The highest BCUT2D eigenvalue weighted by molar-refractivity contribution is 5.79. The van der Waals surface area contributed by atoms with Crippen molar-refractivity contribution in [2.24, 2.45) is 10.9 Å². The van der Waals surface area contributed by atoms with Gasteiger partial charge in [-0.15, -0.1) is 0 Å². The van der Waals surface area contributed by atoms with Gasteiger partial charge in [-0.2, -0.15) is 0 Å². The minimum absolute atomic E-state index is 0.353. The predicted molar refractivity (Wildman–Crippen MR) is 103 cm³/mol. The molecule has 1 saturated carbocycles. The van der Waals surface area contributed by atoms with Crippen LogP contribution in [-0.4, -0.2) is 55.4 Å². The molecule has 5 nitrogen and oxygen atoms in total. The summed E-state index contributed by atoms with van der Waals surface area (Å²) in [6.45, 7) is 7.28. The molecule has 1 aliphatic carbocycles. The number of benzene rings is 1. The lowest BCUT2D eigenvalue weighted by Crippen LogP contribution is -2.39. The summed E-state index contributed by atoms with van der Waals surface area (Å²) in [4.78, 5) is 6.64. The largest absolute Gasteiger partial charge is 0.389 e. The Bertz CT molecular complexity index is 526. The predicted octanol–water partition coefficient (Wildman–Crippen LogP) is 2.43. The maximum absolute atomic E-state index is 10.1. The summed E-state index contributed by atoms with van der Waals surface area (Å²) in [6, 6.07) is 8.68. The van der Waals surface area contributed by atoms with Gasteiger partial charge in [-0.3, -0.25) is 4.99 Å². The molecule has 0 bridgehead atoms. The van der Waals surface area contributed by atoms with Crippen molar-refractivity contribution in [1.29, 1.82) is 0 Å². The van der Waals surface area contributed by atoms with E-state index in [-0.39, 0.29) is 0 Å². The standard InChI is InChI=1S/C20H33N3O2/c1-4-16-6-8-17(9-7-16)13-23(3)20(21-5-2)22-12-19(24)15-25-14-18-10-11-18/h6-9,18-19,24H,4-5,10-15H2,1-3H3,(H,21,22). The fourth-order valence-electron chi connectivity index (χ4n) is 2.60. The normalized spacial score (nSPS) is 15.9. The summed E-state index contributed by atoms with van der Waals surface area (Å²) >= 11 is 0. The molecule has 0 spiro atoms. The average Bonchev–Trinajstić information content (AvgIpc) is 3.43. The number of nitrogens with one attached hydrogen (secondary N) is 1. The Balaban J connectivity index is 1.82. The van der Waals surface area contributed by atoms with Crippen LogP contribution in [0.15, 0.2) is 29.3 Å². The number of aliphatic imine (C=N–C) groups is 1. The molecule has 1 aromatic rings. The zero-order valence-electron chi connectivity index (χ0n) is 15.9. The average molecular weight is 348 g/mol. The van der Waals surface area contributed by atoms with Crippen LogP contribution in [0.1, 0.15) is 37.8 Å². The lowest BCUT2D eigenvalue weighted by atomic mass is 10.1. The maximum atomic E-state index is 10.1. The van der Waals surface area contributed by atoms with E-state index in [1.165, 1.54) is 24.0 Å². The molecular formula is C20H33N3O2. The Kier molecular flexibility index (Phi) is 8.22. The van der Waals surface area contributed by atoms with Crippen LogP contribution in [0.4, 0.5) is 0 Å². The van der Waals surface area contributed by atoms with Crippen molar-refractivity contribution in [2.45, 2.75) is 45.8 Å². The van der Waals surface area contributed by atoms with Crippen molar-refractivity contribution in [1.82, 2.24) is 10.2 Å². The zero-order valence-corrected chi connectivity index (χ0v) is 15.9. The molecule has 140 valence electrons. The number of nitrogens with zero attached hydrogens (tertiary/aromatic N) is 2. The van der Waals surface area contributed by atoms with Crippen LogP contribution in [0.3, 0.4) is 0 Å². The van der Waals surface area contributed by atoms with Crippen LogP contribution in [0.25, 0.3) is 0 Å². The first-order valence-corrected chi connectivity index (χ1v) is 9.45. The first-order valence-electron chi connectivity index (χ1n) is 9.45. The van der Waals surface area contributed by atoms with Crippen molar-refractivity contribution >= 4 is 5.96 Å². The highest BCUT2D eigenvalue weighted by atomic mass is 16.5. The van der Waals surface area contributed by atoms with E-state index in [4.69, 9.17) is 4.74 Å². The van der Waals surface area contributed by atoms with Crippen molar-refractivity contribution < 1.29 is 9.84 Å². The fourth-order valence-corrected chi connectivity index (χ4v) is 2.60. The first kappa shape index (κ1) is 19.7. The van der Waals surface area contributed by atoms with E-state index < -0.39 is 6.10 Å². The van der Waals surface area contributed by atoms with Crippen molar-refractivity contribution in [2.75, 3.05) is 33.4 Å². The van der Waals surface area contributed by atoms with Gasteiger partial charge in [-0.05, 0) is 43.2 Å². The molecule has 1 unspecified atom stereocenters. The van der Waals surface area contributed by atoms with Crippen LogP contribution < -0.4 is 5.32 Å². The second kappa shape index (κ2) is 10.4. The molecule has 2 N–H and O–H groups in total. The maximum Gasteiger partial charge on any atom is 0.194 e. The smallest absolute Gasteiger partial charge is 0.194 e. The summed E-state index contributed by atoms with van der Waals surface area (Å²) in [7, 11) is 2.02. The molecule has 5 heteroatoms. The highest BCUT2D eigenvalue weighted by Crippen LogP contribution is 2.28. The third-order valence-corrected chi connectivity index (χ3v) is 4.36. The third kappa shape index (κ3) is 7.45. The van der Waals surface area contributed by atoms with E-state index in [0.717, 1.165) is 38.0 Å². The van der Waals surface area contributed by atoms with Gasteiger partial charge in [0.25, 0.3) is 0 Å². The summed E-state index contributed by atoms with van der Waals surface area (Å²) < 4.78 is 5.54. The van der Waals surface area contributed by atoms with Gasteiger partial charge in [0.05, 0.1) is 19.3 Å². The van der Waals surface area contributed by atoms with E-state index in [0.29, 0.717) is 13.2 Å². The van der Waals surface area contributed by atoms with Gasteiger partial charge < -0.3 is 20.1 Å². The van der Waals surface area contributed by atoms with Gasteiger partial charge in [0, 0.05) is 26.7 Å². The number of guanidine groups is 1. The molecule has 2 rings (SSSR count). The first-order chi connectivity index (χ1) is 12.1. The molecule has 0 aromatic heterocycles. The fraction of sp³-hybridized carbons (Fsp3) is 0.650. The van der Waals surface area contributed by atoms with Crippen LogP contribution in [0, 0.1) is 5.92 Å². The van der Waals surface area contributed by atoms with Gasteiger partial charge in [0.1, 0.15) is 0 Å². The minimum atomic E-state index is -0.551. The van der Waals surface area contributed by atoms with Crippen molar-refractivity contribution in [3.05, 3.63) is 35.4 Å². The Hall–Kier alpha value is -1.59. The zero-order chi connectivity index (χ0) is 18.1. The number of aliphatic hydroxyl groups excluding tert-OH is 1.